The number of hydrogen-bond donors (Lipinski definition) is 1. The summed E-state index contributed by atoms with van der Waals surface area (Å²) in [6.45, 7) is 13.6. The van der Waals surface area contributed by atoms with Crippen LogP contribution < -0.4 is 0 Å². The molecule has 2 aromatic carbocycles. The van der Waals surface area contributed by atoms with Gasteiger partial charge in [-0.05, 0) is 54.4 Å². The number of fused-ring (bicyclic) bond motifs is 4. The van der Waals surface area contributed by atoms with E-state index in [2.05, 4.69) is 82.9 Å². The molecule has 30 heavy (non-hydrogen) atoms. The van der Waals surface area contributed by atoms with Crippen LogP contribution in [0, 0.1) is 18.8 Å². The number of ketones is 1. The van der Waals surface area contributed by atoms with Crippen molar-refractivity contribution >= 4 is 16.7 Å². The Balaban J connectivity index is 1.71. The molecule has 3 aromatic rings. The molecule has 0 bridgehead atoms. The predicted octanol–water partition coefficient (Wildman–Crippen LogP) is 7.35. The van der Waals surface area contributed by atoms with Crippen LogP contribution >= 0.6 is 0 Å². The van der Waals surface area contributed by atoms with Crippen molar-refractivity contribution in [3.63, 3.8) is 0 Å². The molecule has 0 aliphatic heterocycles. The third kappa shape index (κ3) is 3.31. The van der Waals surface area contributed by atoms with Crippen molar-refractivity contribution in [2.24, 2.45) is 11.8 Å². The molecule has 158 valence electrons. The summed E-state index contributed by atoms with van der Waals surface area (Å²) < 4.78 is 0. The van der Waals surface area contributed by atoms with Crippen molar-refractivity contribution in [2.45, 2.75) is 72.6 Å². The molecule has 0 radical (unpaired) electrons. The number of aryl methyl sites for hydroxylation is 2. The summed E-state index contributed by atoms with van der Waals surface area (Å²) in [6.07, 6.45) is 4.79. The predicted molar refractivity (Wildman–Crippen MR) is 127 cm³/mol. The van der Waals surface area contributed by atoms with Crippen molar-refractivity contribution in [1.82, 2.24) is 4.98 Å². The first-order valence-electron chi connectivity index (χ1n) is 11.6. The maximum absolute atomic E-state index is 13.5. The standard InChI is InChI=1S/C28H35NO/c1-7-20(8-2)18(4)10-11-19-12-14-21-23(16-19)28(5,6)27-25(26(21)30)22-13-9-17(3)15-24(22)29-27/h9,12-16,18,20,29H,7-8,10-11H2,1-6H3. The molecule has 1 heterocycles. The van der Waals surface area contributed by atoms with Gasteiger partial charge in [0.15, 0.2) is 5.78 Å². The van der Waals surface area contributed by atoms with Gasteiger partial charge in [-0.3, -0.25) is 4.79 Å². The molecule has 0 fully saturated rings. The van der Waals surface area contributed by atoms with E-state index in [1.165, 1.54) is 30.4 Å². The second kappa shape index (κ2) is 7.72. The molecule has 1 aliphatic rings. The van der Waals surface area contributed by atoms with Crippen LogP contribution in [0.1, 0.15) is 92.2 Å². The quantitative estimate of drug-likeness (QED) is 0.460. The van der Waals surface area contributed by atoms with Gasteiger partial charge in [0, 0.05) is 27.6 Å². The van der Waals surface area contributed by atoms with Crippen molar-refractivity contribution < 1.29 is 4.79 Å². The highest BCUT2D eigenvalue weighted by molar-refractivity contribution is 6.20. The molecule has 0 saturated heterocycles. The smallest absolute Gasteiger partial charge is 0.195 e. The zero-order valence-corrected chi connectivity index (χ0v) is 19.4. The largest absolute Gasteiger partial charge is 0.357 e. The lowest BCUT2D eigenvalue weighted by Crippen LogP contribution is -2.30. The van der Waals surface area contributed by atoms with Gasteiger partial charge in [0.05, 0.1) is 5.56 Å². The average Bonchev–Trinajstić information content (AvgIpc) is 3.11. The molecular weight excluding hydrogens is 366 g/mol. The molecule has 1 unspecified atom stereocenters. The molecule has 1 aliphatic carbocycles. The first kappa shape index (κ1) is 20.9. The van der Waals surface area contributed by atoms with Crippen LogP contribution in [-0.4, -0.2) is 10.8 Å². The number of hydrogen-bond acceptors (Lipinski definition) is 1. The summed E-state index contributed by atoms with van der Waals surface area (Å²) in [5, 5.41) is 1.04. The maximum Gasteiger partial charge on any atom is 0.195 e. The number of rotatable bonds is 6. The Kier molecular flexibility index (Phi) is 5.38. The lowest BCUT2D eigenvalue weighted by molar-refractivity contribution is 0.103. The Morgan fingerprint density at radius 2 is 1.77 bits per heavy atom. The fourth-order valence-electron chi connectivity index (χ4n) is 5.47. The van der Waals surface area contributed by atoms with Crippen molar-refractivity contribution in [2.75, 3.05) is 0 Å². The molecular formula is C28H35NO. The number of carbonyl (C=O) groups excluding carboxylic acids is 1. The topological polar surface area (TPSA) is 32.9 Å². The summed E-state index contributed by atoms with van der Waals surface area (Å²) in [6, 6.07) is 12.9. The number of aromatic amines is 1. The van der Waals surface area contributed by atoms with Crippen LogP contribution in [0.4, 0.5) is 0 Å². The molecule has 2 nitrogen and oxygen atoms in total. The summed E-state index contributed by atoms with van der Waals surface area (Å²) in [5.74, 6) is 1.69. The monoisotopic (exact) mass is 401 g/mol. The molecule has 1 N–H and O–H groups in total. The van der Waals surface area contributed by atoms with Gasteiger partial charge in [0.1, 0.15) is 0 Å². The highest BCUT2D eigenvalue weighted by Gasteiger charge is 2.39. The lowest BCUT2D eigenvalue weighted by Gasteiger charge is -2.32. The van der Waals surface area contributed by atoms with Crippen LogP contribution in [-0.2, 0) is 11.8 Å². The van der Waals surface area contributed by atoms with E-state index in [-0.39, 0.29) is 11.2 Å². The van der Waals surface area contributed by atoms with Crippen molar-refractivity contribution in [1.29, 1.82) is 0 Å². The Morgan fingerprint density at radius 3 is 2.47 bits per heavy atom. The number of aromatic nitrogens is 1. The summed E-state index contributed by atoms with van der Waals surface area (Å²) in [7, 11) is 0. The second-order valence-corrected chi connectivity index (χ2v) is 9.85. The molecule has 2 heteroatoms. The van der Waals surface area contributed by atoms with Crippen molar-refractivity contribution in [3.8, 4) is 0 Å². The van der Waals surface area contributed by atoms with Gasteiger partial charge in [-0.15, -0.1) is 0 Å². The van der Waals surface area contributed by atoms with E-state index in [1.54, 1.807) is 0 Å². The fraction of sp³-hybridized carbons (Fsp3) is 0.464. The van der Waals surface area contributed by atoms with Gasteiger partial charge < -0.3 is 4.98 Å². The van der Waals surface area contributed by atoms with Crippen LogP contribution in [0.2, 0.25) is 0 Å². The molecule has 1 atom stereocenters. The minimum Gasteiger partial charge on any atom is -0.357 e. The van der Waals surface area contributed by atoms with E-state index in [9.17, 15) is 4.79 Å². The van der Waals surface area contributed by atoms with Gasteiger partial charge in [-0.25, -0.2) is 0 Å². The Labute approximate surface area is 181 Å². The highest BCUT2D eigenvalue weighted by Crippen LogP contribution is 2.44. The SMILES string of the molecule is CCC(CC)C(C)CCc1ccc2c(c1)C(C)(C)c1[nH]c3cc(C)ccc3c1C2=O. The molecule has 0 spiro atoms. The molecule has 0 amide bonds. The number of carbonyl (C=O) groups is 1. The van der Waals surface area contributed by atoms with E-state index in [1.807, 2.05) is 0 Å². The van der Waals surface area contributed by atoms with E-state index in [0.717, 1.165) is 51.5 Å². The number of H-pyrrole nitrogens is 1. The molecule has 0 saturated carbocycles. The summed E-state index contributed by atoms with van der Waals surface area (Å²) in [4.78, 5) is 17.1. The molecule has 4 rings (SSSR count). The highest BCUT2D eigenvalue weighted by atomic mass is 16.1. The van der Waals surface area contributed by atoms with Gasteiger partial charge >= 0.3 is 0 Å². The van der Waals surface area contributed by atoms with E-state index in [0.29, 0.717) is 0 Å². The van der Waals surface area contributed by atoms with E-state index >= 15 is 0 Å². The van der Waals surface area contributed by atoms with Crippen LogP contribution in [0.15, 0.2) is 36.4 Å². The minimum absolute atomic E-state index is 0.159. The Hall–Kier alpha value is -2.35. The third-order valence-corrected chi connectivity index (χ3v) is 7.55. The zero-order chi connectivity index (χ0) is 21.6. The third-order valence-electron chi connectivity index (χ3n) is 7.55. The summed E-state index contributed by atoms with van der Waals surface area (Å²) >= 11 is 0. The lowest BCUT2D eigenvalue weighted by atomic mass is 9.70. The zero-order valence-electron chi connectivity index (χ0n) is 19.4. The van der Waals surface area contributed by atoms with Crippen LogP contribution in [0.25, 0.3) is 10.9 Å². The Morgan fingerprint density at radius 1 is 1.03 bits per heavy atom. The maximum atomic E-state index is 13.5. The number of nitrogens with one attached hydrogen (secondary N) is 1. The van der Waals surface area contributed by atoms with Gasteiger partial charge in [0.25, 0.3) is 0 Å². The van der Waals surface area contributed by atoms with Gasteiger partial charge in [-0.2, -0.15) is 0 Å². The summed E-state index contributed by atoms with van der Waals surface area (Å²) in [5.41, 5.74) is 7.35. The number of benzene rings is 2. The van der Waals surface area contributed by atoms with E-state index < -0.39 is 0 Å². The normalized spacial score (nSPS) is 16.0. The average molecular weight is 402 g/mol. The van der Waals surface area contributed by atoms with Crippen LogP contribution in [0.3, 0.4) is 0 Å². The van der Waals surface area contributed by atoms with Crippen molar-refractivity contribution in [3.05, 3.63) is 69.9 Å². The molecule has 1 aromatic heterocycles. The van der Waals surface area contributed by atoms with E-state index in [4.69, 9.17) is 0 Å². The first-order chi connectivity index (χ1) is 14.3. The van der Waals surface area contributed by atoms with Gasteiger partial charge in [0.2, 0.25) is 0 Å². The Bertz CT molecular complexity index is 1100. The first-order valence-corrected chi connectivity index (χ1v) is 11.6. The van der Waals surface area contributed by atoms with Gasteiger partial charge in [-0.1, -0.05) is 77.8 Å². The fourth-order valence-corrected chi connectivity index (χ4v) is 5.47. The second-order valence-electron chi connectivity index (χ2n) is 9.85. The minimum atomic E-state index is -0.220. The van der Waals surface area contributed by atoms with Crippen LogP contribution in [0.5, 0.6) is 0 Å².